The predicted molar refractivity (Wildman–Crippen MR) is 226 cm³/mol. The lowest BCUT2D eigenvalue weighted by Gasteiger charge is -2.50. The Morgan fingerprint density at radius 2 is 0.521 bits per heavy atom. The first-order valence-electron chi connectivity index (χ1n) is 23.8. The monoisotopic (exact) mass is 1080 g/mol. The molecule has 32 nitrogen and oxygen atoms in total. The van der Waals surface area contributed by atoms with Gasteiger partial charge in [-0.15, -0.1) is 0 Å². The predicted octanol–water partition coefficient (Wildman–Crippen LogP) is -12.9. The van der Waals surface area contributed by atoms with Crippen LogP contribution in [-0.4, -0.2) is 334 Å². The average molecular weight is 1080 g/mol. The van der Waals surface area contributed by atoms with Gasteiger partial charge in [0.1, 0.15) is 146 Å². The van der Waals surface area contributed by atoms with E-state index in [4.69, 9.17) is 62.6 Å². The molecule has 6 aliphatic heterocycles. The van der Waals surface area contributed by atoms with E-state index in [0.29, 0.717) is 13.0 Å². The standard InChI is InChI=1S/C41H73NO31/c42-4-2-1-3-5-62-36-26(57)20(51)31(13(7-44)64-36)70-38-28(59)22(53)33(15(9-46)66-38)72-40-30(61)24(55)35(17(11-48)68-40)73-41-29(60)23(54)34(16(10-47)67-41)71-39-27(58)21(52)32(14(8-45)65-39)69-37-25(56)19(50)18(49)12(6-43)63-37/h12-41,43-61H,1-11,42H2/t12?,13?,14?,15?,16?,17?,18-,19+,20-,21-,22-,23-,24-,25?,26?,27?,28?,29?,30?,31-,32-,33-,34+,35-,36+,37+,38+,39-,40+,41-/m1/s1. The fraction of sp³-hybridized carbons (Fsp3) is 1.00. The molecule has 428 valence electrons. The SMILES string of the molecule is NCCCCCO[C@H]1OC(CO)[C@@H](O[C@@H]2OC(CO)[C@@H](O[C@@H]3OC(CO)[C@@H](O[C@H]4OC(CO)[C@H](O[C@H]5OC(CO)[C@@H](O[C@@H]6OC(CO)[C@@H](O)[C@H](O)C6O)[C@H](O)C5O)[C@H](O)C4O)[C@H](O)C3O)[C@H](O)C2O)[C@H](O)C1O. The van der Waals surface area contributed by atoms with E-state index in [1.54, 1.807) is 0 Å². The van der Waals surface area contributed by atoms with Crippen LogP contribution in [0.15, 0.2) is 0 Å². The summed E-state index contributed by atoms with van der Waals surface area (Å²) in [4.78, 5) is 0. The summed E-state index contributed by atoms with van der Waals surface area (Å²) >= 11 is 0. The van der Waals surface area contributed by atoms with Gasteiger partial charge in [0.15, 0.2) is 37.7 Å². The molecule has 0 bridgehead atoms. The van der Waals surface area contributed by atoms with Crippen molar-refractivity contribution in [2.24, 2.45) is 5.73 Å². The summed E-state index contributed by atoms with van der Waals surface area (Å²) in [5.41, 5.74) is 5.49. The van der Waals surface area contributed by atoms with Gasteiger partial charge in [-0.25, -0.2) is 0 Å². The highest BCUT2D eigenvalue weighted by Gasteiger charge is 2.57. The van der Waals surface area contributed by atoms with Crippen molar-refractivity contribution in [3.05, 3.63) is 0 Å². The maximum atomic E-state index is 11.3. The lowest BCUT2D eigenvalue weighted by atomic mass is 9.95. The van der Waals surface area contributed by atoms with Crippen LogP contribution in [0.25, 0.3) is 0 Å². The van der Waals surface area contributed by atoms with Gasteiger partial charge < -0.3 is 160 Å². The van der Waals surface area contributed by atoms with Gasteiger partial charge in [0.2, 0.25) is 0 Å². The van der Waals surface area contributed by atoms with Gasteiger partial charge in [-0.1, -0.05) is 0 Å². The van der Waals surface area contributed by atoms with Crippen LogP contribution in [0.5, 0.6) is 0 Å². The quantitative estimate of drug-likeness (QED) is 0.0448. The van der Waals surface area contributed by atoms with Crippen LogP contribution in [0.1, 0.15) is 19.3 Å². The molecule has 6 saturated heterocycles. The van der Waals surface area contributed by atoms with Crippen molar-refractivity contribution < 1.29 is 154 Å². The molecule has 0 aromatic carbocycles. The van der Waals surface area contributed by atoms with Crippen molar-refractivity contribution in [2.75, 3.05) is 52.8 Å². The molecule has 0 amide bonds. The van der Waals surface area contributed by atoms with E-state index >= 15 is 0 Å². The third-order valence-electron chi connectivity index (χ3n) is 13.5. The minimum Gasteiger partial charge on any atom is -0.394 e. The average Bonchev–Trinajstić information content (AvgIpc) is 3.38. The number of ether oxygens (including phenoxy) is 12. The van der Waals surface area contributed by atoms with Crippen LogP contribution in [0, 0.1) is 0 Å². The van der Waals surface area contributed by atoms with E-state index < -0.39 is 224 Å². The molecule has 21 N–H and O–H groups in total. The number of aliphatic hydroxyl groups is 19. The number of unbranched alkanes of at least 4 members (excludes halogenated alkanes) is 2. The van der Waals surface area contributed by atoms with Gasteiger partial charge in [0.25, 0.3) is 0 Å². The molecular formula is C41H73NO31. The molecule has 0 aromatic rings. The Balaban J connectivity index is 1.05. The summed E-state index contributed by atoms with van der Waals surface area (Å²) in [5, 5.41) is 202. The van der Waals surface area contributed by atoms with Crippen molar-refractivity contribution in [2.45, 2.75) is 203 Å². The van der Waals surface area contributed by atoms with Crippen molar-refractivity contribution in [1.82, 2.24) is 0 Å². The highest BCUT2D eigenvalue weighted by molar-refractivity contribution is 5.00. The molecule has 0 radical (unpaired) electrons. The lowest BCUT2D eigenvalue weighted by molar-refractivity contribution is -0.396. The molecule has 0 aromatic heterocycles. The number of hydrogen-bond donors (Lipinski definition) is 20. The Hall–Kier alpha value is -1.28. The molecular weight excluding hydrogens is 1000 g/mol. The summed E-state index contributed by atoms with van der Waals surface area (Å²) in [5.74, 6) is 0. The van der Waals surface area contributed by atoms with Crippen LogP contribution in [0.4, 0.5) is 0 Å². The van der Waals surface area contributed by atoms with E-state index in [2.05, 4.69) is 0 Å². The maximum absolute atomic E-state index is 11.3. The summed E-state index contributed by atoms with van der Waals surface area (Å²) in [7, 11) is 0. The summed E-state index contributed by atoms with van der Waals surface area (Å²) in [6, 6.07) is 0. The van der Waals surface area contributed by atoms with Crippen molar-refractivity contribution in [3.8, 4) is 0 Å². The zero-order valence-corrected chi connectivity index (χ0v) is 39.1. The minimum atomic E-state index is -2.17. The topological polar surface area (TPSA) is 521 Å². The fourth-order valence-corrected chi connectivity index (χ4v) is 9.27. The van der Waals surface area contributed by atoms with Crippen molar-refractivity contribution in [1.29, 1.82) is 0 Å². The molecule has 0 aliphatic carbocycles. The van der Waals surface area contributed by atoms with Gasteiger partial charge in [-0.2, -0.15) is 0 Å². The van der Waals surface area contributed by atoms with Crippen LogP contribution >= 0.6 is 0 Å². The van der Waals surface area contributed by atoms with Crippen LogP contribution in [0.2, 0.25) is 0 Å². The smallest absolute Gasteiger partial charge is 0.187 e. The lowest BCUT2D eigenvalue weighted by Crippen LogP contribution is -2.68. The third kappa shape index (κ3) is 13.4. The van der Waals surface area contributed by atoms with Crippen LogP contribution in [-0.2, 0) is 56.8 Å². The Kier molecular flexibility index (Phi) is 23.0. The second-order valence-corrected chi connectivity index (χ2v) is 18.5. The summed E-state index contributed by atoms with van der Waals surface area (Å²) in [6.45, 7) is -4.97. The second kappa shape index (κ2) is 27.5. The van der Waals surface area contributed by atoms with Crippen LogP contribution < -0.4 is 5.73 Å². The van der Waals surface area contributed by atoms with E-state index in [-0.39, 0.29) is 6.61 Å². The van der Waals surface area contributed by atoms with E-state index in [9.17, 15) is 97.0 Å². The van der Waals surface area contributed by atoms with Gasteiger partial charge >= 0.3 is 0 Å². The second-order valence-electron chi connectivity index (χ2n) is 18.5. The normalized spacial score (nSPS) is 50.0. The van der Waals surface area contributed by atoms with Crippen LogP contribution in [0.3, 0.4) is 0 Å². The Morgan fingerprint density at radius 1 is 0.274 bits per heavy atom. The van der Waals surface area contributed by atoms with Gasteiger partial charge in [-0.3, -0.25) is 0 Å². The highest BCUT2D eigenvalue weighted by Crippen LogP contribution is 2.37. The Labute approximate surface area is 415 Å². The number of aliphatic hydroxyl groups excluding tert-OH is 19. The molecule has 0 spiro atoms. The first-order valence-corrected chi connectivity index (χ1v) is 23.8. The Morgan fingerprint density at radius 3 is 0.795 bits per heavy atom. The number of nitrogens with two attached hydrogens (primary N) is 1. The first-order chi connectivity index (χ1) is 34.8. The molecule has 30 atom stereocenters. The number of hydrogen-bond acceptors (Lipinski definition) is 32. The minimum absolute atomic E-state index is 0.123. The molecule has 12 unspecified atom stereocenters. The maximum Gasteiger partial charge on any atom is 0.187 e. The van der Waals surface area contributed by atoms with Crippen molar-refractivity contribution in [3.63, 3.8) is 0 Å². The summed E-state index contributed by atoms with van der Waals surface area (Å²) in [6.07, 6.45) is -53.3. The largest absolute Gasteiger partial charge is 0.394 e. The molecule has 6 aliphatic rings. The molecule has 6 fully saturated rings. The zero-order chi connectivity index (χ0) is 53.6. The molecule has 32 heteroatoms. The molecule has 0 saturated carbocycles. The van der Waals surface area contributed by atoms with Gasteiger partial charge in [-0.05, 0) is 25.8 Å². The molecule has 73 heavy (non-hydrogen) atoms. The Bertz CT molecular complexity index is 1610. The van der Waals surface area contributed by atoms with Gasteiger partial charge in [0.05, 0.1) is 39.6 Å². The van der Waals surface area contributed by atoms with E-state index in [1.807, 2.05) is 0 Å². The fourth-order valence-electron chi connectivity index (χ4n) is 9.27. The first kappa shape index (κ1) is 60.9. The number of rotatable bonds is 22. The van der Waals surface area contributed by atoms with Crippen molar-refractivity contribution >= 4 is 0 Å². The molecule has 6 heterocycles. The van der Waals surface area contributed by atoms with E-state index in [0.717, 1.165) is 12.8 Å². The highest BCUT2D eigenvalue weighted by atomic mass is 16.8. The molecule has 6 rings (SSSR count). The zero-order valence-electron chi connectivity index (χ0n) is 39.1. The van der Waals surface area contributed by atoms with Gasteiger partial charge in [0, 0.05) is 6.61 Å². The van der Waals surface area contributed by atoms with E-state index in [1.165, 1.54) is 0 Å². The summed E-state index contributed by atoms with van der Waals surface area (Å²) < 4.78 is 67.2. The third-order valence-corrected chi connectivity index (χ3v) is 13.5.